The number of anilines is 1. The van der Waals surface area contributed by atoms with E-state index in [1.54, 1.807) is 17.9 Å². The Morgan fingerprint density at radius 1 is 1.50 bits per heavy atom. The summed E-state index contributed by atoms with van der Waals surface area (Å²) in [6, 6.07) is 0. The predicted molar refractivity (Wildman–Crippen MR) is 48.0 cm³/mol. The van der Waals surface area contributed by atoms with Gasteiger partial charge in [0.1, 0.15) is 6.33 Å². The summed E-state index contributed by atoms with van der Waals surface area (Å²) in [7, 11) is 1.77. The number of nitrogens with one attached hydrogen (secondary N) is 1. The first-order chi connectivity index (χ1) is 6.68. The molecular weight excluding hydrogens is 186 g/mol. The van der Waals surface area contributed by atoms with Crippen molar-refractivity contribution in [2.24, 2.45) is 7.05 Å². The number of aryl methyl sites for hydroxylation is 1. The van der Waals surface area contributed by atoms with E-state index in [9.17, 15) is 4.79 Å². The van der Waals surface area contributed by atoms with Gasteiger partial charge in [-0.1, -0.05) is 0 Å². The molecule has 0 spiro atoms. The molecule has 0 aromatic carbocycles. The van der Waals surface area contributed by atoms with Gasteiger partial charge in [0.15, 0.2) is 17.0 Å². The molecule has 2 N–H and O–H groups in total. The fraction of sp³-hybridized carbons (Fsp3) is 0.143. The fourth-order valence-electron chi connectivity index (χ4n) is 1.14. The molecule has 2 aromatic heterocycles. The van der Waals surface area contributed by atoms with E-state index in [4.69, 9.17) is 5.11 Å². The molecular formula is C7H7N5O2. The number of hydrogen-bond acceptors (Lipinski definition) is 4. The van der Waals surface area contributed by atoms with Crippen molar-refractivity contribution < 1.29 is 9.90 Å². The summed E-state index contributed by atoms with van der Waals surface area (Å²) in [5.74, 6) is 0.197. The van der Waals surface area contributed by atoms with Crippen molar-refractivity contribution in [3.8, 4) is 0 Å². The van der Waals surface area contributed by atoms with Crippen LogP contribution in [-0.2, 0) is 7.05 Å². The van der Waals surface area contributed by atoms with Crippen LogP contribution in [0.4, 0.5) is 10.6 Å². The molecule has 0 saturated carbocycles. The minimum atomic E-state index is -1.17. The third-order valence-electron chi connectivity index (χ3n) is 1.72. The first-order valence-electron chi connectivity index (χ1n) is 3.80. The van der Waals surface area contributed by atoms with Gasteiger partial charge < -0.3 is 9.67 Å². The molecule has 7 nitrogen and oxygen atoms in total. The lowest BCUT2D eigenvalue weighted by Crippen LogP contribution is -2.09. The highest BCUT2D eigenvalue weighted by molar-refractivity contribution is 5.92. The number of amides is 1. The average Bonchev–Trinajstić information content (AvgIpc) is 2.49. The second-order valence-electron chi connectivity index (χ2n) is 2.68. The van der Waals surface area contributed by atoms with Gasteiger partial charge in [0.05, 0.1) is 6.33 Å². The Hall–Kier alpha value is -2.18. The lowest BCUT2D eigenvalue weighted by molar-refractivity contribution is 0.209. The Labute approximate surface area is 78.4 Å². The molecule has 0 fully saturated rings. The second kappa shape index (κ2) is 2.95. The largest absolute Gasteiger partial charge is 0.465 e. The topological polar surface area (TPSA) is 92.9 Å². The predicted octanol–water partition coefficient (Wildman–Crippen LogP) is 0.453. The number of nitrogens with zero attached hydrogens (tertiary/aromatic N) is 4. The zero-order valence-corrected chi connectivity index (χ0v) is 7.30. The monoisotopic (exact) mass is 193 g/mol. The van der Waals surface area contributed by atoms with E-state index in [2.05, 4.69) is 20.3 Å². The van der Waals surface area contributed by atoms with Crippen LogP contribution in [0.15, 0.2) is 12.7 Å². The summed E-state index contributed by atoms with van der Waals surface area (Å²) >= 11 is 0. The molecule has 1 amide bonds. The molecule has 0 unspecified atom stereocenters. The zero-order chi connectivity index (χ0) is 10.1. The number of aromatic nitrogens is 4. The van der Waals surface area contributed by atoms with Crippen molar-refractivity contribution in [1.82, 2.24) is 19.5 Å². The number of carbonyl (C=O) groups is 1. The van der Waals surface area contributed by atoms with Crippen molar-refractivity contribution in [2.45, 2.75) is 0 Å². The molecule has 0 saturated heterocycles. The maximum atomic E-state index is 10.4. The van der Waals surface area contributed by atoms with Crippen LogP contribution in [0.25, 0.3) is 11.2 Å². The maximum absolute atomic E-state index is 10.4. The Balaban J connectivity index is 2.59. The Morgan fingerprint density at radius 3 is 3.00 bits per heavy atom. The molecule has 7 heteroatoms. The SMILES string of the molecule is Cn1cnc2c(NC(=O)O)ncnc21. The molecule has 0 bridgehead atoms. The Kier molecular flexibility index (Phi) is 1.77. The number of rotatable bonds is 1. The summed E-state index contributed by atoms with van der Waals surface area (Å²) in [6.45, 7) is 0. The number of carboxylic acid groups (broad SMARTS) is 1. The molecule has 0 aliphatic rings. The van der Waals surface area contributed by atoms with Crippen LogP contribution in [0, 0.1) is 0 Å². The molecule has 72 valence electrons. The lowest BCUT2D eigenvalue weighted by Gasteiger charge is -1.99. The van der Waals surface area contributed by atoms with Crippen LogP contribution in [0.2, 0.25) is 0 Å². The third kappa shape index (κ3) is 1.24. The van der Waals surface area contributed by atoms with Crippen LogP contribution in [0.5, 0.6) is 0 Å². The van der Waals surface area contributed by atoms with Crippen molar-refractivity contribution in [2.75, 3.05) is 5.32 Å². The van der Waals surface area contributed by atoms with Gasteiger partial charge in [-0.2, -0.15) is 0 Å². The van der Waals surface area contributed by atoms with E-state index in [1.807, 2.05) is 0 Å². The molecule has 0 aliphatic carbocycles. The molecule has 0 radical (unpaired) electrons. The fourth-order valence-corrected chi connectivity index (χ4v) is 1.14. The highest BCUT2D eigenvalue weighted by atomic mass is 16.4. The van der Waals surface area contributed by atoms with E-state index in [0.29, 0.717) is 11.2 Å². The average molecular weight is 193 g/mol. The van der Waals surface area contributed by atoms with Gasteiger partial charge in [-0.05, 0) is 0 Å². The van der Waals surface area contributed by atoms with Gasteiger partial charge in [-0.3, -0.25) is 5.32 Å². The summed E-state index contributed by atoms with van der Waals surface area (Å²) in [5, 5.41) is 10.7. The molecule has 2 heterocycles. The van der Waals surface area contributed by atoms with Crippen molar-refractivity contribution in [3.05, 3.63) is 12.7 Å². The summed E-state index contributed by atoms with van der Waals surface area (Å²) in [5.41, 5.74) is 1.03. The van der Waals surface area contributed by atoms with Gasteiger partial charge in [0.2, 0.25) is 0 Å². The minimum Gasteiger partial charge on any atom is -0.465 e. The van der Waals surface area contributed by atoms with Gasteiger partial charge >= 0.3 is 6.09 Å². The van der Waals surface area contributed by atoms with Gasteiger partial charge in [0, 0.05) is 7.05 Å². The molecule has 2 rings (SSSR count). The number of imidazole rings is 1. The second-order valence-corrected chi connectivity index (χ2v) is 2.68. The van der Waals surface area contributed by atoms with E-state index < -0.39 is 6.09 Å². The van der Waals surface area contributed by atoms with E-state index in [-0.39, 0.29) is 5.82 Å². The van der Waals surface area contributed by atoms with Crippen LogP contribution >= 0.6 is 0 Å². The normalized spacial score (nSPS) is 10.4. The molecule has 0 atom stereocenters. The maximum Gasteiger partial charge on any atom is 0.410 e. The lowest BCUT2D eigenvalue weighted by atomic mass is 10.5. The first kappa shape index (κ1) is 8.42. The van der Waals surface area contributed by atoms with E-state index >= 15 is 0 Å². The quantitative estimate of drug-likeness (QED) is 0.685. The van der Waals surface area contributed by atoms with Crippen LogP contribution < -0.4 is 5.32 Å². The molecule has 0 aliphatic heterocycles. The van der Waals surface area contributed by atoms with Crippen LogP contribution in [0.3, 0.4) is 0 Å². The minimum absolute atomic E-state index is 0.197. The van der Waals surface area contributed by atoms with Gasteiger partial charge in [0.25, 0.3) is 0 Å². The van der Waals surface area contributed by atoms with Crippen LogP contribution in [-0.4, -0.2) is 30.7 Å². The molecule has 14 heavy (non-hydrogen) atoms. The van der Waals surface area contributed by atoms with Crippen LogP contribution in [0.1, 0.15) is 0 Å². The summed E-state index contributed by atoms with van der Waals surface area (Å²) in [6.07, 6.45) is 1.66. The van der Waals surface area contributed by atoms with E-state index in [0.717, 1.165) is 0 Å². The third-order valence-corrected chi connectivity index (χ3v) is 1.72. The van der Waals surface area contributed by atoms with Crippen molar-refractivity contribution in [1.29, 1.82) is 0 Å². The first-order valence-corrected chi connectivity index (χ1v) is 3.80. The number of fused-ring (bicyclic) bond motifs is 1. The highest BCUT2D eigenvalue weighted by Gasteiger charge is 2.09. The van der Waals surface area contributed by atoms with Gasteiger partial charge in [-0.15, -0.1) is 0 Å². The highest BCUT2D eigenvalue weighted by Crippen LogP contribution is 2.15. The molecule has 2 aromatic rings. The standard InChI is InChI=1S/C7H7N5O2/c1-12-3-10-4-5(11-7(13)14)8-2-9-6(4)12/h2-3H,1H3,(H,13,14)(H,8,9,11). The summed E-state index contributed by atoms with van der Waals surface area (Å²) < 4.78 is 1.68. The van der Waals surface area contributed by atoms with E-state index in [1.165, 1.54) is 6.33 Å². The zero-order valence-electron chi connectivity index (χ0n) is 7.30. The Bertz CT molecular complexity index is 492. The van der Waals surface area contributed by atoms with Crippen molar-refractivity contribution in [3.63, 3.8) is 0 Å². The number of hydrogen-bond donors (Lipinski definition) is 2. The van der Waals surface area contributed by atoms with Crippen molar-refractivity contribution >= 4 is 23.1 Å². The smallest absolute Gasteiger partial charge is 0.410 e. The Morgan fingerprint density at radius 2 is 2.29 bits per heavy atom. The summed E-state index contributed by atoms with van der Waals surface area (Å²) in [4.78, 5) is 22.1. The van der Waals surface area contributed by atoms with Gasteiger partial charge in [-0.25, -0.2) is 19.7 Å².